The van der Waals surface area contributed by atoms with E-state index in [1.807, 2.05) is 32.0 Å². The number of benzene rings is 1. The smallest absolute Gasteiger partial charge is 0.220 e. The molecule has 1 heterocycles. The molecule has 0 atom stereocenters. The van der Waals surface area contributed by atoms with Crippen LogP contribution < -0.4 is 5.32 Å². The number of carbonyl (C=O) groups excluding carboxylic acids is 1. The maximum Gasteiger partial charge on any atom is 0.220 e. The molecule has 21 heavy (non-hydrogen) atoms. The van der Waals surface area contributed by atoms with E-state index in [1.165, 1.54) is 5.56 Å². The van der Waals surface area contributed by atoms with E-state index in [9.17, 15) is 4.79 Å². The first kappa shape index (κ1) is 15.6. The van der Waals surface area contributed by atoms with Crippen molar-refractivity contribution in [1.29, 1.82) is 0 Å². The Bertz CT molecular complexity index is 583. The van der Waals surface area contributed by atoms with Gasteiger partial charge >= 0.3 is 0 Å². The molecule has 0 radical (unpaired) electrons. The molecule has 0 aliphatic carbocycles. The third kappa shape index (κ3) is 4.60. The highest BCUT2D eigenvalue weighted by molar-refractivity contribution is 7.99. The topological polar surface area (TPSA) is 59.8 Å². The number of rotatable bonds is 7. The van der Waals surface area contributed by atoms with E-state index in [0.29, 0.717) is 18.7 Å². The van der Waals surface area contributed by atoms with Crippen LogP contribution >= 0.6 is 11.8 Å². The largest absolute Gasteiger partial charge is 0.356 e. The number of hydrogen-bond acceptors (Lipinski definition) is 4. The van der Waals surface area contributed by atoms with Gasteiger partial charge in [-0.3, -0.25) is 4.79 Å². The minimum absolute atomic E-state index is 0.0795. The van der Waals surface area contributed by atoms with Gasteiger partial charge in [0, 0.05) is 18.7 Å². The minimum atomic E-state index is 0.0795. The van der Waals surface area contributed by atoms with Crippen LogP contribution in [0.1, 0.15) is 24.7 Å². The lowest BCUT2D eigenvalue weighted by molar-refractivity contribution is -0.120. The maximum absolute atomic E-state index is 11.4. The fourth-order valence-electron chi connectivity index (χ4n) is 1.94. The lowest BCUT2D eigenvalue weighted by atomic mass is 10.2. The number of thioether (sulfide) groups is 1. The number of hydrogen-bond donors (Lipinski definition) is 1. The second-order valence-electron chi connectivity index (χ2n) is 4.65. The number of amides is 1. The van der Waals surface area contributed by atoms with Crippen LogP contribution in [0.15, 0.2) is 35.5 Å². The molecule has 1 aromatic heterocycles. The van der Waals surface area contributed by atoms with Crippen LogP contribution in [0.5, 0.6) is 0 Å². The minimum Gasteiger partial charge on any atom is -0.356 e. The van der Waals surface area contributed by atoms with Crippen molar-refractivity contribution in [1.82, 2.24) is 20.1 Å². The van der Waals surface area contributed by atoms with E-state index in [0.717, 1.165) is 17.5 Å². The summed E-state index contributed by atoms with van der Waals surface area (Å²) in [4.78, 5) is 11.4. The summed E-state index contributed by atoms with van der Waals surface area (Å²) in [6, 6.07) is 10.2. The number of nitrogens with zero attached hydrogens (tertiary/aromatic N) is 3. The van der Waals surface area contributed by atoms with Gasteiger partial charge in [0.2, 0.25) is 5.91 Å². The van der Waals surface area contributed by atoms with Crippen LogP contribution in [0.2, 0.25) is 0 Å². The number of nitrogens with one attached hydrogen (secondary N) is 1. The lowest BCUT2D eigenvalue weighted by Gasteiger charge is -2.08. The highest BCUT2D eigenvalue weighted by Gasteiger charge is 2.10. The first-order chi connectivity index (χ1) is 10.2. The van der Waals surface area contributed by atoms with Crippen molar-refractivity contribution in [3.8, 4) is 0 Å². The van der Waals surface area contributed by atoms with E-state index in [-0.39, 0.29) is 5.91 Å². The van der Waals surface area contributed by atoms with Crippen molar-refractivity contribution in [2.45, 2.75) is 32.0 Å². The Kier molecular flexibility index (Phi) is 5.80. The van der Waals surface area contributed by atoms with Crippen molar-refractivity contribution in [3.63, 3.8) is 0 Å². The van der Waals surface area contributed by atoms with Gasteiger partial charge in [0.15, 0.2) is 5.16 Å². The summed E-state index contributed by atoms with van der Waals surface area (Å²) in [5.41, 5.74) is 1.21. The first-order valence-corrected chi connectivity index (χ1v) is 8.02. The molecule has 1 N–H and O–H groups in total. The molecule has 2 aromatic rings. The summed E-state index contributed by atoms with van der Waals surface area (Å²) in [7, 11) is 0. The van der Waals surface area contributed by atoms with Gasteiger partial charge in [0.25, 0.3) is 0 Å². The Morgan fingerprint density at radius 2 is 2.05 bits per heavy atom. The summed E-state index contributed by atoms with van der Waals surface area (Å²) in [5.74, 6) is 1.67. The Hall–Kier alpha value is -1.82. The SMILES string of the molecule is CCNC(=O)CCSc1nnc(C)n1Cc1ccccc1. The molecular weight excluding hydrogens is 284 g/mol. The molecule has 0 spiro atoms. The Labute approximate surface area is 129 Å². The molecule has 5 nitrogen and oxygen atoms in total. The normalized spacial score (nSPS) is 10.6. The van der Waals surface area contributed by atoms with Crippen molar-refractivity contribution >= 4 is 17.7 Å². The summed E-state index contributed by atoms with van der Waals surface area (Å²) < 4.78 is 2.08. The average Bonchev–Trinajstić information content (AvgIpc) is 2.82. The van der Waals surface area contributed by atoms with Crippen LogP contribution in [0.25, 0.3) is 0 Å². The average molecular weight is 304 g/mol. The highest BCUT2D eigenvalue weighted by Crippen LogP contribution is 2.19. The van der Waals surface area contributed by atoms with E-state index in [2.05, 4.69) is 32.2 Å². The molecule has 2 rings (SSSR count). The van der Waals surface area contributed by atoms with Crippen molar-refractivity contribution in [2.24, 2.45) is 0 Å². The molecule has 0 bridgehead atoms. The molecule has 1 aromatic carbocycles. The van der Waals surface area contributed by atoms with Gasteiger partial charge in [0.1, 0.15) is 5.82 Å². The lowest BCUT2D eigenvalue weighted by Crippen LogP contribution is -2.22. The van der Waals surface area contributed by atoms with E-state index < -0.39 is 0 Å². The molecule has 112 valence electrons. The summed E-state index contributed by atoms with van der Waals surface area (Å²) in [6.45, 7) is 5.30. The van der Waals surface area contributed by atoms with Crippen LogP contribution in [0.4, 0.5) is 0 Å². The van der Waals surface area contributed by atoms with Gasteiger partial charge in [-0.1, -0.05) is 42.1 Å². The van der Waals surface area contributed by atoms with Crippen LogP contribution in [0.3, 0.4) is 0 Å². The zero-order chi connectivity index (χ0) is 15.1. The van der Waals surface area contributed by atoms with Crippen molar-refractivity contribution in [3.05, 3.63) is 41.7 Å². The fraction of sp³-hybridized carbons (Fsp3) is 0.400. The van der Waals surface area contributed by atoms with Crippen LogP contribution in [-0.2, 0) is 11.3 Å². The third-order valence-electron chi connectivity index (χ3n) is 3.02. The quantitative estimate of drug-likeness (QED) is 0.797. The highest BCUT2D eigenvalue weighted by atomic mass is 32.2. The van der Waals surface area contributed by atoms with Crippen LogP contribution in [0, 0.1) is 6.92 Å². The summed E-state index contributed by atoms with van der Waals surface area (Å²) in [5, 5.41) is 12.0. The predicted octanol–water partition coefficient (Wildman–Crippen LogP) is 2.25. The molecule has 0 unspecified atom stereocenters. The second kappa shape index (κ2) is 7.83. The molecule has 0 saturated heterocycles. The van der Waals surface area contributed by atoms with Gasteiger partial charge in [-0.05, 0) is 19.4 Å². The predicted molar refractivity (Wildman–Crippen MR) is 84.3 cm³/mol. The zero-order valence-electron chi connectivity index (χ0n) is 12.4. The molecule has 0 aliphatic heterocycles. The van der Waals surface area contributed by atoms with Crippen LogP contribution in [-0.4, -0.2) is 33.0 Å². The third-order valence-corrected chi connectivity index (χ3v) is 3.99. The van der Waals surface area contributed by atoms with E-state index >= 15 is 0 Å². The van der Waals surface area contributed by atoms with Gasteiger partial charge in [-0.25, -0.2) is 0 Å². The molecule has 1 amide bonds. The molecular formula is C15H20N4OS. The molecule has 0 fully saturated rings. The number of carbonyl (C=O) groups is 1. The first-order valence-electron chi connectivity index (χ1n) is 7.04. The van der Waals surface area contributed by atoms with Crippen molar-refractivity contribution < 1.29 is 4.79 Å². The van der Waals surface area contributed by atoms with Gasteiger partial charge < -0.3 is 9.88 Å². The Morgan fingerprint density at radius 3 is 2.76 bits per heavy atom. The summed E-state index contributed by atoms with van der Waals surface area (Å²) >= 11 is 1.57. The standard InChI is InChI=1S/C15H20N4OS/c1-3-16-14(20)9-10-21-15-18-17-12(2)19(15)11-13-7-5-4-6-8-13/h4-8H,3,9-11H2,1-2H3,(H,16,20). The Morgan fingerprint density at radius 1 is 1.29 bits per heavy atom. The van der Waals surface area contributed by atoms with Crippen molar-refractivity contribution in [2.75, 3.05) is 12.3 Å². The zero-order valence-corrected chi connectivity index (χ0v) is 13.2. The maximum atomic E-state index is 11.4. The number of aromatic nitrogens is 3. The monoisotopic (exact) mass is 304 g/mol. The molecule has 0 saturated carbocycles. The van der Waals surface area contributed by atoms with E-state index in [1.54, 1.807) is 11.8 Å². The summed E-state index contributed by atoms with van der Waals surface area (Å²) in [6.07, 6.45) is 0.496. The van der Waals surface area contributed by atoms with Gasteiger partial charge in [-0.2, -0.15) is 0 Å². The van der Waals surface area contributed by atoms with Gasteiger partial charge in [-0.15, -0.1) is 10.2 Å². The fourth-order valence-corrected chi connectivity index (χ4v) is 2.86. The molecule has 0 aliphatic rings. The van der Waals surface area contributed by atoms with E-state index in [4.69, 9.17) is 0 Å². The number of aryl methyl sites for hydroxylation is 1. The second-order valence-corrected chi connectivity index (χ2v) is 5.72. The van der Waals surface area contributed by atoms with Gasteiger partial charge in [0.05, 0.1) is 6.54 Å². The Balaban J connectivity index is 1.96. The molecule has 6 heteroatoms.